The van der Waals surface area contributed by atoms with E-state index < -0.39 is 0 Å². The lowest BCUT2D eigenvalue weighted by Gasteiger charge is -2.43. The van der Waals surface area contributed by atoms with E-state index in [-0.39, 0.29) is 0 Å². The zero-order chi connectivity index (χ0) is 15.0. The Morgan fingerprint density at radius 2 is 1.95 bits per heavy atom. The highest BCUT2D eigenvalue weighted by Crippen LogP contribution is 2.27. The third kappa shape index (κ3) is 2.83. The molecule has 2 atom stereocenters. The van der Waals surface area contributed by atoms with Crippen LogP contribution in [0.3, 0.4) is 0 Å². The van der Waals surface area contributed by atoms with Gasteiger partial charge in [-0.1, -0.05) is 13.8 Å². The molecule has 0 amide bonds. The molecule has 1 aromatic rings. The van der Waals surface area contributed by atoms with Crippen LogP contribution in [0.1, 0.15) is 64.2 Å². The lowest BCUT2D eigenvalue weighted by atomic mass is 9.99. The normalized spacial score (nSPS) is 26.2. The van der Waals surface area contributed by atoms with Gasteiger partial charge in [0, 0.05) is 38.0 Å². The minimum atomic E-state index is 0.618. The van der Waals surface area contributed by atoms with Gasteiger partial charge < -0.3 is 10.3 Å². The lowest BCUT2D eigenvalue weighted by molar-refractivity contribution is 0.322. The largest absolute Gasteiger partial charge is 0.311 e. The van der Waals surface area contributed by atoms with Crippen LogP contribution in [-0.4, -0.2) is 28.3 Å². The van der Waals surface area contributed by atoms with Crippen molar-refractivity contribution in [2.45, 2.75) is 78.4 Å². The van der Waals surface area contributed by atoms with Crippen LogP contribution in [0.25, 0.3) is 0 Å². The number of aromatic nitrogens is 2. The van der Waals surface area contributed by atoms with Crippen molar-refractivity contribution in [3.8, 4) is 0 Å². The number of nitrogens with one attached hydrogen (secondary N) is 1. The molecule has 4 nitrogen and oxygen atoms in total. The first-order chi connectivity index (χ1) is 10.1. The van der Waals surface area contributed by atoms with Gasteiger partial charge in [0.25, 0.3) is 0 Å². The summed E-state index contributed by atoms with van der Waals surface area (Å²) < 4.78 is 2.52. The summed E-state index contributed by atoms with van der Waals surface area (Å²) >= 11 is 0. The fraction of sp³-hybridized carbons (Fsp3) is 0.824. The van der Waals surface area contributed by atoms with Crippen molar-refractivity contribution in [1.29, 1.82) is 0 Å². The van der Waals surface area contributed by atoms with Crippen LogP contribution in [0.5, 0.6) is 0 Å². The number of nitrogens with zero attached hydrogens (tertiary/aromatic N) is 3. The van der Waals surface area contributed by atoms with Gasteiger partial charge >= 0.3 is 0 Å². The van der Waals surface area contributed by atoms with E-state index in [1.54, 1.807) is 0 Å². The van der Waals surface area contributed by atoms with Crippen molar-refractivity contribution in [2.75, 3.05) is 11.6 Å². The monoisotopic (exact) mass is 290 g/mol. The standard InChI is InChI=1S/C17H30N4/c1-12(2)10-17-19-15-11-18-9-8-16(15)21(17)20-13(3)6-5-7-14(20)4/h12-14,18H,5-11H2,1-4H3. The molecule has 1 saturated heterocycles. The highest BCUT2D eigenvalue weighted by molar-refractivity contribution is 5.24. The molecule has 21 heavy (non-hydrogen) atoms. The van der Waals surface area contributed by atoms with Gasteiger partial charge in [0.05, 0.1) is 11.4 Å². The fourth-order valence-corrected chi connectivity index (χ4v) is 3.92. The molecule has 118 valence electrons. The highest BCUT2D eigenvalue weighted by Gasteiger charge is 2.31. The van der Waals surface area contributed by atoms with Crippen LogP contribution >= 0.6 is 0 Å². The second-order valence-electron chi connectivity index (χ2n) is 7.27. The van der Waals surface area contributed by atoms with E-state index in [0.717, 1.165) is 25.9 Å². The van der Waals surface area contributed by atoms with Gasteiger partial charge in [0.1, 0.15) is 5.82 Å². The van der Waals surface area contributed by atoms with Crippen LogP contribution in [0.15, 0.2) is 0 Å². The predicted molar refractivity (Wildman–Crippen MR) is 87.2 cm³/mol. The Hall–Kier alpha value is -1.03. The summed E-state index contributed by atoms with van der Waals surface area (Å²) in [5, 5.41) is 6.09. The minimum absolute atomic E-state index is 0.618. The van der Waals surface area contributed by atoms with E-state index in [1.807, 2.05) is 0 Å². The molecule has 0 spiro atoms. The third-order valence-electron chi connectivity index (χ3n) is 4.90. The van der Waals surface area contributed by atoms with Crippen molar-refractivity contribution >= 4 is 0 Å². The molecule has 2 aliphatic rings. The zero-order valence-corrected chi connectivity index (χ0v) is 14.0. The molecule has 0 bridgehead atoms. The maximum Gasteiger partial charge on any atom is 0.128 e. The molecule has 4 heteroatoms. The first-order valence-corrected chi connectivity index (χ1v) is 8.66. The molecule has 0 radical (unpaired) electrons. The first kappa shape index (κ1) is 14.9. The van der Waals surface area contributed by atoms with Crippen molar-refractivity contribution < 1.29 is 0 Å². The molecule has 0 saturated carbocycles. The Labute approximate surface area is 128 Å². The van der Waals surface area contributed by atoms with Gasteiger partial charge in [-0.3, -0.25) is 0 Å². The quantitative estimate of drug-likeness (QED) is 0.929. The van der Waals surface area contributed by atoms with Crippen LogP contribution in [-0.2, 0) is 19.4 Å². The Morgan fingerprint density at radius 1 is 1.24 bits per heavy atom. The van der Waals surface area contributed by atoms with E-state index in [4.69, 9.17) is 4.98 Å². The number of hydrogen-bond donors (Lipinski definition) is 1. The molecule has 3 rings (SSSR count). The first-order valence-electron chi connectivity index (χ1n) is 8.66. The van der Waals surface area contributed by atoms with Crippen molar-refractivity contribution in [3.05, 3.63) is 17.2 Å². The second-order valence-corrected chi connectivity index (χ2v) is 7.27. The van der Waals surface area contributed by atoms with E-state index in [1.165, 1.54) is 36.5 Å². The Morgan fingerprint density at radius 3 is 2.62 bits per heavy atom. The van der Waals surface area contributed by atoms with Crippen molar-refractivity contribution in [3.63, 3.8) is 0 Å². The van der Waals surface area contributed by atoms with Crippen molar-refractivity contribution in [1.82, 2.24) is 15.0 Å². The van der Waals surface area contributed by atoms with E-state index in [0.29, 0.717) is 18.0 Å². The number of fused-ring (bicyclic) bond motifs is 1. The van der Waals surface area contributed by atoms with Gasteiger partial charge in [-0.2, -0.15) is 0 Å². The van der Waals surface area contributed by atoms with E-state index in [9.17, 15) is 0 Å². The van der Waals surface area contributed by atoms with Gasteiger partial charge in [-0.25, -0.2) is 9.66 Å². The molecular weight excluding hydrogens is 260 g/mol. The summed E-state index contributed by atoms with van der Waals surface area (Å²) in [6.07, 6.45) is 6.14. The summed E-state index contributed by atoms with van der Waals surface area (Å²) in [6.45, 7) is 11.4. The van der Waals surface area contributed by atoms with Gasteiger partial charge in [0.15, 0.2) is 0 Å². The van der Waals surface area contributed by atoms with Crippen LogP contribution in [0.2, 0.25) is 0 Å². The van der Waals surface area contributed by atoms with E-state index in [2.05, 4.69) is 42.7 Å². The molecule has 1 fully saturated rings. The molecule has 2 unspecified atom stereocenters. The number of piperidine rings is 1. The van der Waals surface area contributed by atoms with Crippen LogP contribution in [0.4, 0.5) is 0 Å². The predicted octanol–water partition coefficient (Wildman–Crippen LogP) is 2.63. The second kappa shape index (κ2) is 5.99. The maximum atomic E-state index is 4.99. The van der Waals surface area contributed by atoms with Gasteiger partial charge in [-0.15, -0.1) is 0 Å². The van der Waals surface area contributed by atoms with Crippen LogP contribution < -0.4 is 10.3 Å². The SMILES string of the molecule is CC(C)Cc1nc2c(n1N1C(C)CCCC1C)CCNC2. The summed E-state index contributed by atoms with van der Waals surface area (Å²) in [7, 11) is 0. The molecular formula is C17H30N4. The molecule has 0 aliphatic carbocycles. The number of imidazole rings is 1. The number of rotatable bonds is 3. The zero-order valence-electron chi connectivity index (χ0n) is 14.0. The van der Waals surface area contributed by atoms with E-state index >= 15 is 0 Å². The number of hydrogen-bond acceptors (Lipinski definition) is 3. The minimum Gasteiger partial charge on any atom is -0.311 e. The average Bonchev–Trinajstić information content (AvgIpc) is 2.76. The average molecular weight is 290 g/mol. The molecule has 1 N–H and O–H groups in total. The molecule has 1 aromatic heterocycles. The van der Waals surface area contributed by atoms with Crippen molar-refractivity contribution in [2.24, 2.45) is 5.92 Å². The topological polar surface area (TPSA) is 33.1 Å². The Bertz CT molecular complexity index is 481. The summed E-state index contributed by atoms with van der Waals surface area (Å²) in [4.78, 5) is 4.99. The molecule has 2 aliphatic heterocycles. The fourth-order valence-electron chi connectivity index (χ4n) is 3.92. The highest BCUT2D eigenvalue weighted by atomic mass is 15.6. The summed E-state index contributed by atoms with van der Waals surface area (Å²) in [6, 6.07) is 1.24. The Balaban J connectivity index is 2.03. The molecule has 0 aromatic carbocycles. The summed E-state index contributed by atoms with van der Waals surface area (Å²) in [5.74, 6) is 1.93. The van der Waals surface area contributed by atoms with Crippen LogP contribution in [0, 0.1) is 5.92 Å². The molecule has 3 heterocycles. The van der Waals surface area contributed by atoms with Gasteiger partial charge in [0.2, 0.25) is 0 Å². The summed E-state index contributed by atoms with van der Waals surface area (Å²) in [5.41, 5.74) is 2.74. The lowest BCUT2D eigenvalue weighted by Crippen LogP contribution is -2.52. The third-order valence-corrected chi connectivity index (χ3v) is 4.90. The maximum absolute atomic E-state index is 4.99. The van der Waals surface area contributed by atoms with Gasteiger partial charge in [-0.05, 0) is 39.0 Å². The smallest absolute Gasteiger partial charge is 0.128 e. The Kier molecular flexibility index (Phi) is 4.25.